The molecule has 2 atom stereocenters. The highest BCUT2D eigenvalue weighted by atomic mass is 31.2. The molecule has 14 nitrogen and oxygen atoms in total. The highest BCUT2D eigenvalue weighted by molar-refractivity contribution is 7.45. The third-order valence-electron chi connectivity index (χ3n) is 9.76. The van der Waals surface area contributed by atoms with E-state index >= 15 is 0 Å². The van der Waals surface area contributed by atoms with Gasteiger partial charge in [0.1, 0.15) is 13.2 Å². The van der Waals surface area contributed by atoms with Gasteiger partial charge >= 0.3 is 17.9 Å². The lowest BCUT2D eigenvalue weighted by Crippen LogP contribution is -2.31. The number of esters is 3. The molecule has 0 radical (unpaired) electrons. The molecule has 348 valence electrons. The molecule has 0 aliphatic heterocycles. The van der Waals surface area contributed by atoms with Gasteiger partial charge < -0.3 is 42.9 Å². The molecule has 0 saturated heterocycles. The van der Waals surface area contributed by atoms with Gasteiger partial charge in [0.05, 0.1) is 45.9 Å². The van der Waals surface area contributed by atoms with Gasteiger partial charge in [-0.25, -0.2) is 0 Å². The molecule has 2 unspecified atom stereocenters. The van der Waals surface area contributed by atoms with Crippen molar-refractivity contribution in [2.24, 2.45) is 0 Å². The van der Waals surface area contributed by atoms with E-state index in [2.05, 4.69) is 19.2 Å². The Bertz CT molecular complexity index is 1060. The smallest absolute Gasteiger partial charge is 0.308 e. The molecular weight excluding hydrogens is 781 g/mol. The second kappa shape index (κ2) is 42.6. The van der Waals surface area contributed by atoms with Crippen LogP contribution in [0.1, 0.15) is 194 Å². The number of phosphoric ester groups is 1. The minimum Gasteiger partial charge on any atom is -0.756 e. The SMILES string of the molecule is CCCCCCCCCCCCCCC(=O)OCC(COP(=O)([O-])OCCNC(=O)CCOC(=O)CCOCCOC)OC(=O)CCCCCCCCCCCCCC. The van der Waals surface area contributed by atoms with Gasteiger partial charge in [-0.15, -0.1) is 0 Å². The number of phosphoric acid groups is 1. The maximum Gasteiger partial charge on any atom is 0.308 e. The van der Waals surface area contributed by atoms with Crippen LogP contribution in [0.15, 0.2) is 0 Å². The van der Waals surface area contributed by atoms with Gasteiger partial charge in [0, 0.05) is 26.5 Å². The fourth-order valence-corrected chi connectivity index (χ4v) is 6.96. The van der Waals surface area contributed by atoms with Crippen molar-refractivity contribution in [2.75, 3.05) is 59.9 Å². The average molecular weight is 865 g/mol. The summed E-state index contributed by atoms with van der Waals surface area (Å²) in [7, 11) is -3.32. The molecular formula is C44H83NO13P-. The van der Waals surface area contributed by atoms with Crippen molar-refractivity contribution < 1.29 is 61.4 Å². The second-order valence-corrected chi connectivity index (χ2v) is 16.7. The van der Waals surface area contributed by atoms with Crippen LogP contribution < -0.4 is 10.2 Å². The maximum atomic E-state index is 12.7. The highest BCUT2D eigenvalue weighted by Gasteiger charge is 2.21. The number of rotatable bonds is 45. The summed E-state index contributed by atoms with van der Waals surface area (Å²) in [5, 5.41) is 2.48. The lowest BCUT2D eigenvalue weighted by atomic mass is 10.0. The Labute approximate surface area is 357 Å². The zero-order valence-corrected chi connectivity index (χ0v) is 38.2. The van der Waals surface area contributed by atoms with Gasteiger partial charge in [0.25, 0.3) is 7.82 Å². The van der Waals surface area contributed by atoms with E-state index < -0.39 is 51.0 Å². The molecule has 0 rings (SSSR count). The van der Waals surface area contributed by atoms with Crippen molar-refractivity contribution in [3.8, 4) is 0 Å². The zero-order chi connectivity index (χ0) is 43.5. The number of hydrogen-bond donors (Lipinski definition) is 1. The number of carbonyl (C=O) groups excluding carboxylic acids is 4. The van der Waals surface area contributed by atoms with E-state index in [9.17, 15) is 28.6 Å². The van der Waals surface area contributed by atoms with Crippen molar-refractivity contribution in [1.29, 1.82) is 0 Å². The Balaban J connectivity index is 4.57. The van der Waals surface area contributed by atoms with Crippen LogP contribution >= 0.6 is 7.82 Å². The number of amides is 1. The average Bonchev–Trinajstić information content (AvgIpc) is 3.21. The van der Waals surface area contributed by atoms with Crippen molar-refractivity contribution >= 4 is 31.6 Å². The minimum absolute atomic E-state index is 0.0410. The fourth-order valence-electron chi connectivity index (χ4n) is 6.22. The standard InChI is InChI=1S/C44H84NO13P/c1-4-6-8-10-12-14-16-18-20-22-24-26-28-42(47)55-38-40(58-44(49)29-27-25-23-21-19-17-15-13-11-9-7-5-2)39-57-59(50,51)56-35-32-45-41(46)30-34-54-43(48)31-33-53-37-36-52-3/h40H,4-39H2,1-3H3,(H,45,46)(H,50,51)/p-1. The van der Waals surface area contributed by atoms with E-state index in [-0.39, 0.29) is 52.0 Å². The highest BCUT2D eigenvalue weighted by Crippen LogP contribution is 2.38. The van der Waals surface area contributed by atoms with E-state index in [0.717, 1.165) is 38.5 Å². The molecule has 0 aliphatic rings. The van der Waals surface area contributed by atoms with Gasteiger partial charge in [0.15, 0.2) is 6.10 Å². The number of unbranched alkanes of at least 4 members (excludes halogenated alkanes) is 22. The van der Waals surface area contributed by atoms with Crippen molar-refractivity contribution in [3.05, 3.63) is 0 Å². The van der Waals surface area contributed by atoms with Crippen molar-refractivity contribution in [3.63, 3.8) is 0 Å². The second-order valence-electron chi connectivity index (χ2n) is 15.3. The van der Waals surface area contributed by atoms with Crippen molar-refractivity contribution in [2.45, 2.75) is 200 Å². The largest absolute Gasteiger partial charge is 0.756 e. The Morgan fingerprint density at radius 2 is 0.983 bits per heavy atom. The molecule has 15 heteroatoms. The van der Waals surface area contributed by atoms with E-state index in [0.29, 0.717) is 26.1 Å². The summed E-state index contributed by atoms with van der Waals surface area (Å²) in [6.07, 6.45) is 27.2. The molecule has 0 aromatic heterocycles. The van der Waals surface area contributed by atoms with E-state index in [4.69, 9.17) is 32.7 Å². The number of ether oxygens (including phenoxy) is 5. The van der Waals surface area contributed by atoms with Crippen LogP contribution in [0.4, 0.5) is 0 Å². The molecule has 0 heterocycles. The number of methoxy groups -OCH3 is 1. The normalized spacial score (nSPS) is 12.8. The van der Waals surface area contributed by atoms with Crippen molar-refractivity contribution in [1.82, 2.24) is 5.32 Å². The van der Waals surface area contributed by atoms with Gasteiger partial charge in [-0.3, -0.25) is 23.7 Å². The van der Waals surface area contributed by atoms with Crippen LogP contribution in [-0.2, 0) is 56.5 Å². The minimum atomic E-state index is -4.86. The Morgan fingerprint density at radius 3 is 1.49 bits per heavy atom. The number of hydrogen-bond acceptors (Lipinski definition) is 13. The Morgan fingerprint density at radius 1 is 0.508 bits per heavy atom. The first kappa shape index (κ1) is 56.9. The van der Waals surface area contributed by atoms with Gasteiger partial charge in [-0.05, 0) is 12.8 Å². The third-order valence-corrected chi connectivity index (χ3v) is 10.7. The quantitative estimate of drug-likeness (QED) is 0.0265. The van der Waals surface area contributed by atoms with E-state index in [1.54, 1.807) is 7.11 Å². The van der Waals surface area contributed by atoms with E-state index in [1.807, 2.05) is 0 Å². The summed E-state index contributed by atoms with van der Waals surface area (Å²) < 4.78 is 48.2. The monoisotopic (exact) mass is 865 g/mol. The first-order valence-corrected chi connectivity index (χ1v) is 24.5. The Kier molecular flexibility index (Phi) is 41.1. The van der Waals surface area contributed by atoms with Crippen LogP contribution in [-0.4, -0.2) is 89.8 Å². The van der Waals surface area contributed by atoms with E-state index in [1.165, 1.54) is 103 Å². The molecule has 0 saturated carbocycles. The van der Waals surface area contributed by atoms with Crippen LogP contribution in [0.25, 0.3) is 0 Å². The lowest BCUT2D eigenvalue weighted by Gasteiger charge is -2.25. The summed E-state index contributed by atoms with van der Waals surface area (Å²) in [6, 6.07) is 0. The fraction of sp³-hybridized carbons (Fsp3) is 0.909. The van der Waals surface area contributed by atoms with Gasteiger partial charge in [0.2, 0.25) is 5.91 Å². The molecule has 1 amide bonds. The predicted molar refractivity (Wildman–Crippen MR) is 228 cm³/mol. The van der Waals surface area contributed by atoms with Gasteiger partial charge in [-0.1, -0.05) is 155 Å². The molecule has 0 aliphatic carbocycles. The molecule has 0 aromatic carbocycles. The van der Waals surface area contributed by atoms with Crippen LogP contribution in [0.5, 0.6) is 0 Å². The summed E-state index contributed by atoms with van der Waals surface area (Å²) >= 11 is 0. The first-order valence-electron chi connectivity index (χ1n) is 23.1. The summed E-state index contributed by atoms with van der Waals surface area (Å²) in [5.41, 5.74) is 0. The molecule has 0 aromatic rings. The molecule has 59 heavy (non-hydrogen) atoms. The molecule has 1 N–H and O–H groups in total. The zero-order valence-electron chi connectivity index (χ0n) is 37.3. The third kappa shape index (κ3) is 42.4. The number of carbonyl (C=O) groups is 4. The van der Waals surface area contributed by atoms with Crippen LogP contribution in [0.2, 0.25) is 0 Å². The summed E-state index contributed by atoms with van der Waals surface area (Å²) in [5.74, 6) is -1.94. The first-order chi connectivity index (χ1) is 28.6. The van der Waals surface area contributed by atoms with Crippen LogP contribution in [0, 0.1) is 0 Å². The molecule has 0 spiro atoms. The predicted octanol–water partition coefficient (Wildman–Crippen LogP) is 9.23. The van der Waals surface area contributed by atoms with Gasteiger partial charge in [-0.2, -0.15) is 0 Å². The molecule has 0 fully saturated rings. The maximum absolute atomic E-state index is 12.7. The lowest BCUT2D eigenvalue weighted by molar-refractivity contribution is -0.228. The molecule has 0 bridgehead atoms. The summed E-state index contributed by atoms with van der Waals surface area (Å²) in [4.78, 5) is 61.4. The summed E-state index contributed by atoms with van der Waals surface area (Å²) in [6.45, 7) is 3.76. The topological polar surface area (TPSA) is 185 Å². The number of nitrogens with one attached hydrogen (secondary N) is 1. The Hall–Kier alpha value is -2.09. The van der Waals surface area contributed by atoms with Crippen LogP contribution in [0.3, 0.4) is 0 Å².